The molecule has 0 unspecified atom stereocenters. The van der Waals surface area contributed by atoms with Gasteiger partial charge in [0.15, 0.2) is 0 Å². The van der Waals surface area contributed by atoms with Crippen molar-refractivity contribution in [3.05, 3.63) is 15.6 Å². The van der Waals surface area contributed by atoms with E-state index >= 15 is 0 Å². The molecule has 1 atom stereocenters. The number of likely N-dealkylation sites (tertiary alicyclic amines) is 1. The average molecular weight is 307 g/mol. The van der Waals surface area contributed by atoms with Crippen LogP contribution in [-0.4, -0.2) is 42.0 Å². The minimum atomic E-state index is 0.201. The highest BCUT2D eigenvalue weighted by molar-refractivity contribution is 7.13. The fourth-order valence-corrected chi connectivity index (χ4v) is 4.84. The van der Waals surface area contributed by atoms with Crippen molar-refractivity contribution in [2.75, 3.05) is 20.1 Å². The Morgan fingerprint density at radius 2 is 2.10 bits per heavy atom. The van der Waals surface area contributed by atoms with E-state index < -0.39 is 0 Å². The highest BCUT2D eigenvalue weighted by Gasteiger charge is 2.32. The van der Waals surface area contributed by atoms with E-state index in [9.17, 15) is 4.79 Å². The Morgan fingerprint density at radius 1 is 1.33 bits per heavy atom. The van der Waals surface area contributed by atoms with Crippen molar-refractivity contribution in [1.29, 1.82) is 0 Å². The Morgan fingerprint density at radius 3 is 2.81 bits per heavy atom. The van der Waals surface area contributed by atoms with Crippen molar-refractivity contribution in [3.8, 4) is 0 Å². The first-order valence-corrected chi connectivity index (χ1v) is 8.95. The zero-order chi connectivity index (χ0) is 14.8. The molecule has 1 aromatic rings. The normalized spacial score (nSPS) is 23.1. The smallest absolute Gasteiger partial charge is 0.266 e. The van der Waals surface area contributed by atoms with Crippen molar-refractivity contribution < 1.29 is 4.79 Å². The predicted molar refractivity (Wildman–Crippen MR) is 86.0 cm³/mol. The SMILES string of the molecule is CNC[C@@H]1CCCN1C(=O)c1sc(C2CCCC2)nc1C. The van der Waals surface area contributed by atoms with Crippen molar-refractivity contribution in [2.45, 2.75) is 57.4 Å². The zero-order valence-corrected chi connectivity index (χ0v) is 13.8. The predicted octanol–water partition coefficient (Wildman–Crippen LogP) is 2.93. The molecule has 2 fully saturated rings. The molecule has 1 amide bonds. The second-order valence-electron chi connectivity index (χ2n) is 6.30. The first-order chi connectivity index (χ1) is 10.2. The maximum absolute atomic E-state index is 12.8. The van der Waals surface area contributed by atoms with Crippen LogP contribution in [0.3, 0.4) is 0 Å². The van der Waals surface area contributed by atoms with E-state index in [0.29, 0.717) is 12.0 Å². The lowest BCUT2D eigenvalue weighted by Crippen LogP contribution is -2.40. The number of hydrogen-bond donors (Lipinski definition) is 1. The van der Waals surface area contributed by atoms with Crippen LogP contribution in [0.2, 0.25) is 0 Å². The number of nitrogens with one attached hydrogen (secondary N) is 1. The molecule has 0 spiro atoms. The molecule has 2 aliphatic rings. The highest BCUT2D eigenvalue weighted by Crippen LogP contribution is 2.37. The minimum absolute atomic E-state index is 0.201. The number of thiazole rings is 1. The molecule has 2 heterocycles. The second-order valence-corrected chi connectivity index (χ2v) is 7.33. The topological polar surface area (TPSA) is 45.2 Å². The number of carbonyl (C=O) groups excluding carboxylic acids is 1. The summed E-state index contributed by atoms with van der Waals surface area (Å²) in [7, 11) is 1.96. The summed E-state index contributed by atoms with van der Waals surface area (Å²) >= 11 is 1.65. The van der Waals surface area contributed by atoms with E-state index in [2.05, 4.69) is 10.2 Å². The third-order valence-electron chi connectivity index (χ3n) is 4.79. The molecule has 4 nitrogen and oxygen atoms in total. The van der Waals surface area contributed by atoms with Crippen molar-refractivity contribution in [1.82, 2.24) is 15.2 Å². The summed E-state index contributed by atoms with van der Waals surface area (Å²) in [6.07, 6.45) is 7.33. The third kappa shape index (κ3) is 2.99. The molecular formula is C16H25N3OS. The monoisotopic (exact) mass is 307 g/mol. The van der Waals surface area contributed by atoms with E-state index in [1.807, 2.05) is 14.0 Å². The van der Waals surface area contributed by atoms with E-state index in [1.54, 1.807) is 11.3 Å². The lowest BCUT2D eigenvalue weighted by molar-refractivity contribution is 0.0741. The molecule has 0 aromatic carbocycles. The fourth-order valence-electron chi connectivity index (χ4n) is 3.64. The number of aryl methyl sites for hydroxylation is 1. The third-order valence-corrected chi connectivity index (χ3v) is 6.10. The van der Waals surface area contributed by atoms with Crippen LogP contribution in [0.15, 0.2) is 0 Å². The van der Waals surface area contributed by atoms with E-state index in [4.69, 9.17) is 4.98 Å². The van der Waals surface area contributed by atoms with E-state index in [-0.39, 0.29) is 5.91 Å². The van der Waals surface area contributed by atoms with Crippen LogP contribution in [0, 0.1) is 6.92 Å². The van der Waals surface area contributed by atoms with Crippen LogP contribution in [0.1, 0.15) is 64.8 Å². The molecule has 1 aliphatic heterocycles. The average Bonchev–Trinajstić information content (AvgIpc) is 3.17. The lowest BCUT2D eigenvalue weighted by Gasteiger charge is -2.24. The summed E-state index contributed by atoms with van der Waals surface area (Å²) in [5.74, 6) is 0.800. The van der Waals surface area contributed by atoms with Crippen molar-refractivity contribution in [3.63, 3.8) is 0 Å². The number of aromatic nitrogens is 1. The molecule has 116 valence electrons. The summed E-state index contributed by atoms with van der Waals surface area (Å²) in [6.45, 7) is 3.77. The van der Waals surface area contributed by atoms with Crippen LogP contribution in [0.25, 0.3) is 0 Å². The molecule has 3 rings (SSSR count). The van der Waals surface area contributed by atoms with Crippen LogP contribution < -0.4 is 5.32 Å². The molecule has 5 heteroatoms. The zero-order valence-electron chi connectivity index (χ0n) is 13.0. The van der Waals surface area contributed by atoms with Gasteiger partial charge in [0, 0.05) is 25.0 Å². The Labute approximate surface area is 130 Å². The lowest BCUT2D eigenvalue weighted by atomic mass is 10.1. The van der Waals surface area contributed by atoms with Crippen molar-refractivity contribution >= 4 is 17.2 Å². The van der Waals surface area contributed by atoms with Gasteiger partial charge in [-0.3, -0.25) is 4.79 Å². The fraction of sp³-hybridized carbons (Fsp3) is 0.750. The van der Waals surface area contributed by atoms with Crippen LogP contribution in [0.5, 0.6) is 0 Å². The summed E-state index contributed by atoms with van der Waals surface area (Å²) in [5.41, 5.74) is 0.932. The quantitative estimate of drug-likeness (QED) is 0.930. The number of amides is 1. The van der Waals surface area contributed by atoms with Gasteiger partial charge in [-0.25, -0.2) is 4.98 Å². The van der Waals surface area contributed by atoms with Crippen LogP contribution in [-0.2, 0) is 0 Å². The van der Waals surface area contributed by atoms with Gasteiger partial charge >= 0.3 is 0 Å². The Hall–Kier alpha value is -0.940. The molecule has 0 radical (unpaired) electrons. The van der Waals surface area contributed by atoms with Crippen LogP contribution >= 0.6 is 11.3 Å². The molecular weight excluding hydrogens is 282 g/mol. The number of likely N-dealkylation sites (N-methyl/N-ethyl adjacent to an activating group) is 1. The van der Waals surface area contributed by atoms with Gasteiger partial charge in [-0.1, -0.05) is 12.8 Å². The van der Waals surface area contributed by atoms with Gasteiger partial charge in [-0.05, 0) is 39.7 Å². The number of rotatable bonds is 4. The van der Waals surface area contributed by atoms with Gasteiger partial charge in [-0.2, -0.15) is 0 Å². The first-order valence-electron chi connectivity index (χ1n) is 8.13. The van der Waals surface area contributed by atoms with Gasteiger partial charge in [-0.15, -0.1) is 11.3 Å². The number of hydrogen-bond acceptors (Lipinski definition) is 4. The summed E-state index contributed by atoms with van der Waals surface area (Å²) in [5, 5.41) is 4.40. The van der Waals surface area contributed by atoms with Gasteiger partial charge < -0.3 is 10.2 Å². The Bertz CT molecular complexity index is 508. The van der Waals surface area contributed by atoms with Gasteiger partial charge in [0.05, 0.1) is 10.7 Å². The summed E-state index contributed by atoms with van der Waals surface area (Å²) in [4.78, 5) is 20.5. The molecule has 1 aromatic heterocycles. The maximum atomic E-state index is 12.8. The minimum Gasteiger partial charge on any atom is -0.334 e. The van der Waals surface area contributed by atoms with Gasteiger partial charge in [0.1, 0.15) is 4.88 Å². The highest BCUT2D eigenvalue weighted by atomic mass is 32.1. The van der Waals surface area contributed by atoms with E-state index in [0.717, 1.165) is 36.5 Å². The van der Waals surface area contributed by atoms with Crippen molar-refractivity contribution in [2.24, 2.45) is 0 Å². The molecule has 21 heavy (non-hydrogen) atoms. The summed E-state index contributed by atoms with van der Waals surface area (Å²) < 4.78 is 0. The maximum Gasteiger partial charge on any atom is 0.266 e. The van der Waals surface area contributed by atoms with Crippen LogP contribution in [0.4, 0.5) is 0 Å². The number of carbonyl (C=O) groups is 1. The molecule has 1 N–H and O–H groups in total. The second kappa shape index (κ2) is 6.44. The van der Waals surface area contributed by atoms with Gasteiger partial charge in [0.25, 0.3) is 5.91 Å². The summed E-state index contributed by atoms with van der Waals surface area (Å²) in [6, 6.07) is 0.346. The first kappa shape index (κ1) is 15.0. The molecule has 0 bridgehead atoms. The largest absolute Gasteiger partial charge is 0.334 e. The molecule has 1 saturated carbocycles. The number of nitrogens with zero attached hydrogens (tertiary/aromatic N) is 2. The van der Waals surface area contributed by atoms with E-state index in [1.165, 1.54) is 30.7 Å². The standard InChI is InChI=1S/C16H25N3OS/c1-11-14(21-15(18-11)12-6-3-4-7-12)16(20)19-9-5-8-13(19)10-17-2/h12-13,17H,3-10H2,1-2H3/t13-/m0/s1. The molecule has 1 saturated heterocycles. The Balaban J connectivity index is 1.77. The Kier molecular flexibility index (Phi) is 4.60. The molecule has 1 aliphatic carbocycles. The van der Waals surface area contributed by atoms with Gasteiger partial charge in [0.2, 0.25) is 0 Å².